The molecule has 0 radical (unpaired) electrons. The summed E-state index contributed by atoms with van der Waals surface area (Å²) in [5.41, 5.74) is 1.91. The minimum absolute atomic E-state index is 0.165. The summed E-state index contributed by atoms with van der Waals surface area (Å²) in [5.74, 6) is -1.80. The fraction of sp³-hybridized carbons (Fsp3) is 0.0385. The fourth-order valence-electron chi connectivity index (χ4n) is 3.91. The molecule has 0 bridgehead atoms. The quantitative estimate of drug-likeness (QED) is 0.454. The van der Waals surface area contributed by atoms with Crippen molar-refractivity contribution in [3.05, 3.63) is 118 Å². The molecule has 3 aromatic carbocycles. The molecule has 1 atom stereocenters. The third-order valence-corrected chi connectivity index (χ3v) is 5.53. The molecule has 1 saturated heterocycles. The number of aromatic nitrogens is 1. The van der Waals surface area contributed by atoms with Gasteiger partial charge in [-0.2, -0.15) is 0 Å². The molecular formula is C26H17FN2O4. The van der Waals surface area contributed by atoms with Crippen LogP contribution < -0.4 is 10.9 Å². The van der Waals surface area contributed by atoms with E-state index in [1.54, 1.807) is 30.3 Å². The maximum Gasteiger partial charge on any atom is 0.419 e. The molecule has 6 nitrogen and oxygen atoms in total. The average molecular weight is 440 g/mol. The van der Waals surface area contributed by atoms with Crippen LogP contribution in [0.4, 0.5) is 9.18 Å². The zero-order valence-electron chi connectivity index (χ0n) is 17.2. The third-order valence-electron chi connectivity index (χ3n) is 5.53. The van der Waals surface area contributed by atoms with E-state index in [2.05, 4.69) is 10.3 Å². The molecule has 162 valence electrons. The van der Waals surface area contributed by atoms with Crippen LogP contribution in [0.5, 0.6) is 0 Å². The highest BCUT2D eigenvalue weighted by molar-refractivity contribution is 6.07. The fourth-order valence-corrected chi connectivity index (χ4v) is 3.91. The van der Waals surface area contributed by atoms with Crippen molar-refractivity contribution in [2.24, 2.45) is 0 Å². The normalized spacial score (nSPS) is 15.5. The summed E-state index contributed by atoms with van der Waals surface area (Å²) in [6.45, 7) is 0. The number of halogens is 1. The molecule has 5 rings (SSSR count). The van der Waals surface area contributed by atoms with E-state index in [0.29, 0.717) is 22.2 Å². The van der Waals surface area contributed by atoms with E-state index >= 15 is 0 Å². The summed E-state index contributed by atoms with van der Waals surface area (Å²) in [6, 6.07) is 22.6. The topological polar surface area (TPSA) is 88.3 Å². The number of ether oxygens (including phenoxy) is 1. The van der Waals surface area contributed by atoms with Crippen molar-refractivity contribution in [1.82, 2.24) is 10.3 Å². The molecule has 1 fully saturated rings. The van der Waals surface area contributed by atoms with Gasteiger partial charge in [-0.15, -0.1) is 0 Å². The van der Waals surface area contributed by atoms with Crippen molar-refractivity contribution in [3.8, 4) is 11.3 Å². The van der Waals surface area contributed by atoms with Gasteiger partial charge in [-0.25, -0.2) is 9.18 Å². The van der Waals surface area contributed by atoms with Gasteiger partial charge in [-0.3, -0.25) is 14.9 Å². The number of hydrogen-bond donors (Lipinski definition) is 2. The number of hydrogen-bond acceptors (Lipinski definition) is 4. The van der Waals surface area contributed by atoms with Crippen molar-refractivity contribution < 1.29 is 18.7 Å². The standard InChI is InChI=1S/C26H17FN2O4/c27-21-8-4-7-16-9-10-17(13-20(16)21)22-12-11-18(24(30)28-22)19(15-5-2-1-3-6-15)14-23-25(31)29-26(32)33-23/h1-14,19H,(H,28,30)(H,29,31,32)/b23-14-. The number of aromatic amines is 1. The molecule has 1 aliphatic rings. The first-order valence-corrected chi connectivity index (χ1v) is 10.2. The number of alkyl carbamates (subject to hydrolysis) is 1. The Labute approximate surface area is 187 Å². The van der Waals surface area contributed by atoms with Crippen molar-refractivity contribution in [1.29, 1.82) is 0 Å². The Morgan fingerprint density at radius 2 is 1.70 bits per heavy atom. The lowest BCUT2D eigenvalue weighted by Crippen LogP contribution is -2.19. The summed E-state index contributed by atoms with van der Waals surface area (Å²) in [4.78, 5) is 39.4. The van der Waals surface area contributed by atoms with E-state index in [-0.39, 0.29) is 17.1 Å². The first-order chi connectivity index (χ1) is 16.0. The Morgan fingerprint density at radius 1 is 0.879 bits per heavy atom. The van der Waals surface area contributed by atoms with Gasteiger partial charge < -0.3 is 9.72 Å². The Morgan fingerprint density at radius 3 is 2.42 bits per heavy atom. The summed E-state index contributed by atoms with van der Waals surface area (Å²) >= 11 is 0. The van der Waals surface area contributed by atoms with Crippen molar-refractivity contribution in [3.63, 3.8) is 0 Å². The van der Waals surface area contributed by atoms with Gasteiger partial charge in [0.1, 0.15) is 5.82 Å². The zero-order valence-corrected chi connectivity index (χ0v) is 17.2. The summed E-state index contributed by atoms with van der Waals surface area (Å²) in [7, 11) is 0. The van der Waals surface area contributed by atoms with Gasteiger partial charge in [0.2, 0.25) is 0 Å². The van der Waals surface area contributed by atoms with Gasteiger partial charge in [0.25, 0.3) is 11.5 Å². The third kappa shape index (κ3) is 3.92. The second-order valence-electron chi connectivity index (χ2n) is 7.60. The lowest BCUT2D eigenvalue weighted by atomic mass is 9.91. The van der Waals surface area contributed by atoms with E-state index in [9.17, 15) is 18.8 Å². The number of nitrogens with one attached hydrogen (secondary N) is 2. The summed E-state index contributed by atoms with van der Waals surface area (Å²) in [6.07, 6.45) is 0.594. The molecule has 2 heterocycles. The largest absolute Gasteiger partial charge is 0.419 e. The van der Waals surface area contributed by atoms with Gasteiger partial charge in [0.15, 0.2) is 5.76 Å². The van der Waals surface area contributed by atoms with Crippen LogP contribution in [0, 0.1) is 5.82 Å². The van der Waals surface area contributed by atoms with Crippen LogP contribution in [0.2, 0.25) is 0 Å². The van der Waals surface area contributed by atoms with E-state index < -0.39 is 17.9 Å². The Kier molecular flexibility index (Phi) is 5.06. The number of carbonyl (C=O) groups excluding carboxylic acids is 2. The second kappa shape index (κ2) is 8.20. The highest BCUT2D eigenvalue weighted by Gasteiger charge is 2.28. The number of benzene rings is 3. The highest BCUT2D eigenvalue weighted by atomic mass is 19.1. The van der Waals surface area contributed by atoms with Gasteiger partial charge in [0, 0.05) is 22.6 Å². The highest BCUT2D eigenvalue weighted by Crippen LogP contribution is 2.29. The van der Waals surface area contributed by atoms with E-state index in [4.69, 9.17) is 4.74 Å². The molecule has 33 heavy (non-hydrogen) atoms. The molecule has 1 unspecified atom stereocenters. The molecule has 1 aromatic heterocycles. The van der Waals surface area contributed by atoms with Crippen LogP contribution in [0.15, 0.2) is 95.5 Å². The predicted octanol–water partition coefficient (Wildman–Crippen LogP) is 4.62. The number of amides is 2. The predicted molar refractivity (Wildman–Crippen MR) is 121 cm³/mol. The molecule has 2 amide bonds. The second-order valence-corrected chi connectivity index (χ2v) is 7.60. The Bertz CT molecular complexity index is 1490. The lowest BCUT2D eigenvalue weighted by molar-refractivity contribution is -0.116. The lowest BCUT2D eigenvalue weighted by Gasteiger charge is -2.14. The van der Waals surface area contributed by atoms with Gasteiger partial charge >= 0.3 is 6.09 Å². The summed E-state index contributed by atoms with van der Waals surface area (Å²) < 4.78 is 19.2. The molecular weight excluding hydrogens is 423 g/mol. The zero-order chi connectivity index (χ0) is 22.9. The number of allylic oxidation sites excluding steroid dienone is 1. The van der Waals surface area contributed by atoms with Crippen LogP contribution in [0.3, 0.4) is 0 Å². The van der Waals surface area contributed by atoms with Crippen molar-refractivity contribution in [2.45, 2.75) is 5.92 Å². The van der Waals surface area contributed by atoms with Gasteiger partial charge in [0.05, 0.1) is 0 Å². The van der Waals surface area contributed by atoms with Crippen molar-refractivity contribution in [2.75, 3.05) is 0 Å². The summed E-state index contributed by atoms with van der Waals surface area (Å²) in [5, 5.41) is 3.28. The molecule has 0 saturated carbocycles. The van der Waals surface area contributed by atoms with Crippen LogP contribution in [0.1, 0.15) is 17.0 Å². The Hall–Kier alpha value is -4.52. The molecule has 1 aliphatic heterocycles. The molecule has 0 aliphatic carbocycles. The smallest absolute Gasteiger partial charge is 0.404 e. The Balaban J connectivity index is 1.58. The molecule has 0 spiro atoms. The number of H-pyrrole nitrogens is 1. The van der Waals surface area contributed by atoms with E-state index in [0.717, 1.165) is 10.9 Å². The van der Waals surface area contributed by atoms with Gasteiger partial charge in [-0.1, -0.05) is 60.7 Å². The van der Waals surface area contributed by atoms with E-state index in [1.807, 2.05) is 42.5 Å². The number of carbonyl (C=O) groups is 2. The monoisotopic (exact) mass is 440 g/mol. The number of rotatable bonds is 4. The SMILES string of the molecule is O=C1NC(=O)/C(=C/C(c2ccccc2)c2ccc(-c3ccc4cccc(F)c4c3)[nH]c2=O)O1. The minimum atomic E-state index is -0.856. The van der Waals surface area contributed by atoms with Crippen LogP contribution in [0.25, 0.3) is 22.0 Å². The van der Waals surface area contributed by atoms with Gasteiger partial charge in [-0.05, 0) is 40.8 Å². The first-order valence-electron chi connectivity index (χ1n) is 10.2. The molecule has 7 heteroatoms. The van der Waals surface area contributed by atoms with E-state index in [1.165, 1.54) is 12.1 Å². The number of imide groups is 1. The van der Waals surface area contributed by atoms with Crippen LogP contribution in [-0.2, 0) is 9.53 Å². The number of fused-ring (bicyclic) bond motifs is 1. The first kappa shape index (κ1) is 20.4. The average Bonchev–Trinajstić information content (AvgIpc) is 3.15. The number of pyridine rings is 1. The minimum Gasteiger partial charge on any atom is -0.404 e. The maximum atomic E-state index is 14.2. The van der Waals surface area contributed by atoms with Crippen molar-refractivity contribution >= 4 is 22.8 Å². The van der Waals surface area contributed by atoms with Crippen LogP contribution in [-0.4, -0.2) is 17.0 Å². The van der Waals surface area contributed by atoms with Crippen LogP contribution >= 0.6 is 0 Å². The maximum absolute atomic E-state index is 14.2. The molecule has 2 N–H and O–H groups in total. The molecule has 4 aromatic rings. The number of cyclic esters (lactones) is 1.